The van der Waals surface area contributed by atoms with Gasteiger partial charge in [0.05, 0.1) is 12.2 Å². The third-order valence-electron chi connectivity index (χ3n) is 5.33. The van der Waals surface area contributed by atoms with Crippen molar-refractivity contribution in [3.8, 4) is 0 Å². The molecule has 0 aromatic carbocycles. The molecule has 0 saturated carbocycles. The van der Waals surface area contributed by atoms with E-state index in [1.807, 2.05) is 6.07 Å². The predicted molar refractivity (Wildman–Crippen MR) is 110 cm³/mol. The van der Waals surface area contributed by atoms with Crippen LogP contribution in [0.1, 0.15) is 62.1 Å². The number of nitrogens with one attached hydrogen (secondary N) is 1. The molecule has 3 heterocycles. The molecule has 2 aromatic rings. The summed E-state index contributed by atoms with van der Waals surface area (Å²) in [6.45, 7) is 10.7. The van der Waals surface area contributed by atoms with Crippen LogP contribution in [0.3, 0.4) is 0 Å². The molecule has 8 heteroatoms. The predicted octanol–water partition coefficient (Wildman–Crippen LogP) is 2.12. The van der Waals surface area contributed by atoms with Crippen LogP contribution in [0.15, 0.2) is 27.6 Å². The van der Waals surface area contributed by atoms with Crippen LogP contribution in [0.4, 0.5) is 0 Å². The van der Waals surface area contributed by atoms with Crippen LogP contribution in [0.2, 0.25) is 0 Å². The van der Waals surface area contributed by atoms with Crippen LogP contribution in [0.5, 0.6) is 0 Å². The Bertz CT molecular complexity index is 896. The van der Waals surface area contributed by atoms with Gasteiger partial charge in [0, 0.05) is 37.5 Å². The molecular formula is C21H31N5O3. The van der Waals surface area contributed by atoms with Crippen LogP contribution in [-0.4, -0.2) is 51.2 Å². The largest absolute Gasteiger partial charge is 0.448 e. The molecule has 0 radical (unpaired) electrons. The maximum absolute atomic E-state index is 12.3. The number of likely N-dealkylation sites (tertiary alicyclic amines) is 1. The average Bonchev–Trinajstić information content (AvgIpc) is 3.11. The van der Waals surface area contributed by atoms with E-state index in [-0.39, 0.29) is 22.9 Å². The molecule has 3 rings (SSSR count). The van der Waals surface area contributed by atoms with Gasteiger partial charge in [-0.05, 0) is 25.5 Å². The summed E-state index contributed by atoms with van der Waals surface area (Å²) in [7, 11) is 0. The maximum atomic E-state index is 12.3. The number of aromatic nitrogens is 3. The first-order valence-corrected chi connectivity index (χ1v) is 10.3. The minimum Gasteiger partial charge on any atom is -0.448 e. The van der Waals surface area contributed by atoms with Gasteiger partial charge in [-0.25, -0.2) is 9.67 Å². The minimum atomic E-state index is -0.219. The molecule has 0 aliphatic carbocycles. The van der Waals surface area contributed by atoms with Crippen LogP contribution < -0.4 is 10.9 Å². The highest BCUT2D eigenvalue weighted by Gasteiger charge is 2.24. The lowest BCUT2D eigenvalue weighted by Crippen LogP contribution is -2.48. The smallest absolute Gasteiger partial charge is 0.273 e. The quantitative estimate of drug-likeness (QED) is 0.797. The van der Waals surface area contributed by atoms with Gasteiger partial charge < -0.3 is 9.73 Å². The highest BCUT2D eigenvalue weighted by atomic mass is 16.3. The van der Waals surface area contributed by atoms with Crippen LogP contribution in [-0.2, 0) is 12.0 Å². The van der Waals surface area contributed by atoms with Gasteiger partial charge in [-0.3, -0.25) is 14.5 Å². The Balaban J connectivity index is 1.60. The zero-order valence-corrected chi connectivity index (χ0v) is 17.8. The van der Waals surface area contributed by atoms with E-state index < -0.39 is 0 Å². The Labute approximate surface area is 171 Å². The topological polar surface area (TPSA) is 93.3 Å². The van der Waals surface area contributed by atoms with E-state index in [0.29, 0.717) is 24.7 Å². The molecule has 0 spiro atoms. The van der Waals surface area contributed by atoms with E-state index in [9.17, 15) is 9.59 Å². The number of piperidine rings is 1. The third kappa shape index (κ3) is 5.53. The summed E-state index contributed by atoms with van der Waals surface area (Å²) in [4.78, 5) is 30.9. The normalized spacial score (nSPS) is 18.0. The average molecular weight is 402 g/mol. The fourth-order valence-corrected chi connectivity index (χ4v) is 3.59. The number of oxazole rings is 1. The van der Waals surface area contributed by atoms with Crippen molar-refractivity contribution in [2.45, 2.75) is 65.0 Å². The van der Waals surface area contributed by atoms with E-state index in [1.54, 1.807) is 17.7 Å². The van der Waals surface area contributed by atoms with Gasteiger partial charge in [0.25, 0.3) is 11.5 Å². The number of hydrogen-bond acceptors (Lipinski definition) is 6. The van der Waals surface area contributed by atoms with Crippen molar-refractivity contribution in [2.24, 2.45) is 0 Å². The number of hydrogen-bond donors (Lipinski definition) is 1. The first-order chi connectivity index (χ1) is 13.7. The number of carbonyl (C=O) groups is 1. The second kappa shape index (κ2) is 8.90. The standard InChI is InChI=1S/C21H31N5O3/c1-15-23-17(14-29-15)20(28)22-13-16-7-5-6-10-25(16)11-12-26-19(27)9-8-18(24-26)21(2,3)4/h8-9,14,16H,5-7,10-13H2,1-4H3,(H,22,28). The highest BCUT2D eigenvalue weighted by molar-refractivity contribution is 5.91. The first-order valence-electron chi connectivity index (χ1n) is 10.3. The lowest BCUT2D eigenvalue weighted by molar-refractivity contribution is 0.0904. The molecule has 0 bridgehead atoms. The Morgan fingerprint density at radius 3 is 2.76 bits per heavy atom. The fraction of sp³-hybridized carbons (Fsp3) is 0.619. The molecule has 2 aromatic heterocycles. The molecule has 1 aliphatic rings. The Hall–Kier alpha value is -2.48. The van der Waals surface area contributed by atoms with E-state index in [0.717, 1.165) is 38.0 Å². The van der Waals surface area contributed by atoms with Gasteiger partial charge in [0.2, 0.25) is 0 Å². The molecule has 1 amide bonds. The monoisotopic (exact) mass is 401 g/mol. The zero-order chi connectivity index (χ0) is 21.0. The number of carbonyl (C=O) groups excluding carboxylic acids is 1. The molecule has 158 valence electrons. The van der Waals surface area contributed by atoms with Gasteiger partial charge in [0.1, 0.15) is 6.26 Å². The summed E-state index contributed by atoms with van der Waals surface area (Å²) in [6, 6.07) is 3.65. The summed E-state index contributed by atoms with van der Waals surface area (Å²) in [6.07, 6.45) is 4.65. The maximum Gasteiger partial charge on any atom is 0.273 e. The van der Waals surface area contributed by atoms with E-state index in [1.165, 1.54) is 6.26 Å². The summed E-state index contributed by atoms with van der Waals surface area (Å²) in [5.41, 5.74) is 1.02. The highest BCUT2D eigenvalue weighted by Crippen LogP contribution is 2.19. The van der Waals surface area contributed by atoms with E-state index in [4.69, 9.17) is 4.42 Å². The van der Waals surface area contributed by atoms with Gasteiger partial charge in [-0.2, -0.15) is 5.10 Å². The first kappa shape index (κ1) is 21.2. The number of nitrogens with zero attached hydrogens (tertiary/aromatic N) is 4. The van der Waals surface area contributed by atoms with E-state index in [2.05, 4.69) is 41.1 Å². The number of aryl methyl sites for hydroxylation is 1. The molecule has 1 unspecified atom stereocenters. The molecular weight excluding hydrogens is 370 g/mol. The van der Waals surface area contributed by atoms with Crippen molar-refractivity contribution in [1.82, 2.24) is 25.0 Å². The second-order valence-corrected chi connectivity index (χ2v) is 8.68. The Kier molecular flexibility index (Phi) is 6.52. The number of amides is 1. The SMILES string of the molecule is Cc1nc(C(=O)NCC2CCCCN2CCn2nc(C(C)(C)C)ccc2=O)co1. The lowest BCUT2D eigenvalue weighted by atomic mass is 9.92. The fourth-order valence-electron chi connectivity index (χ4n) is 3.59. The van der Waals surface area contributed by atoms with Crippen molar-refractivity contribution < 1.29 is 9.21 Å². The van der Waals surface area contributed by atoms with Crippen molar-refractivity contribution in [3.63, 3.8) is 0 Å². The molecule has 1 saturated heterocycles. The van der Waals surface area contributed by atoms with Crippen molar-refractivity contribution in [3.05, 3.63) is 46.0 Å². The summed E-state index contributed by atoms with van der Waals surface area (Å²) in [5.74, 6) is 0.257. The van der Waals surface area contributed by atoms with Gasteiger partial charge >= 0.3 is 0 Å². The van der Waals surface area contributed by atoms with Crippen LogP contribution >= 0.6 is 0 Å². The Morgan fingerprint density at radius 1 is 1.28 bits per heavy atom. The van der Waals surface area contributed by atoms with Gasteiger partial charge in [0.15, 0.2) is 11.6 Å². The minimum absolute atomic E-state index is 0.0822. The summed E-state index contributed by atoms with van der Waals surface area (Å²) >= 11 is 0. The molecule has 1 aliphatic heterocycles. The van der Waals surface area contributed by atoms with E-state index >= 15 is 0 Å². The molecule has 1 fully saturated rings. The van der Waals surface area contributed by atoms with Crippen LogP contribution in [0.25, 0.3) is 0 Å². The third-order valence-corrected chi connectivity index (χ3v) is 5.33. The summed E-state index contributed by atoms with van der Waals surface area (Å²) in [5, 5.41) is 7.52. The lowest BCUT2D eigenvalue weighted by Gasteiger charge is -2.35. The van der Waals surface area contributed by atoms with Gasteiger partial charge in [-0.15, -0.1) is 0 Å². The van der Waals surface area contributed by atoms with Crippen molar-refractivity contribution in [1.29, 1.82) is 0 Å². The molecule has 1 N–H and O–H groups in total. The molecule has 1 atom stereocenters. The van der Waals surface area contributed by atoms with Crippen molar-refractivity contribution in [2.75, 3.05) is 19.6 Å². The molecule has 8 nitrogen and oxygen atoms in total. The second-order valence-electron chi connectivity index (χ2n) is 8.68. The van der Waals surface area contributed by atoms with Crippen molar-refractivity contribution >= 4 is 5.91 Å². The number of rotatable bonds is 6. The van der Waals surface area contributed by atoms with Gasteiger partial charge in [-0.1, -0.05) is 27.2 Å². The van der Waals surface area contributed by atoms with Crippen LogP contribution in [0, 0.1) is 6.92 Å². The Morgan fingerprint density at radius 2 is 2.07 bits per heavy atom. The molecule has 29 heavy (non-hydrogen) atoms. The summed E-state index contributed by atoms with van der Waals surface area (Å²) < 4.78 is 6.67. The zero-order valence-electron chi connectivity index (χ0n) is 17.8.